The van der Waals surface area contributed by atoms with Crippen molar-refractivity contribution >= 4 is 21.6 Å². The second kappa shape index (κ2) is 7.56. The number of nitrogens with one attached hydrogen (secondary N) is 1. The van der Waals surface area contributed by atoms with Gasteiger partial charge in [0.2, 0.25) is 0 Å². The van der Waals surface area contributed by atoms with Gasteiger partial charge in [-0.25, -0.2) is 8.42 Å². The Labute approximate surface area is 166 Å². The van der Waals surface area contributed by atoms with E-state index in [-0.39, 0.29) is 16.8 Å². The zero-order chi connectivity index (χ0) is 19.7. The van der Waals surface area contributed by atoms with Crippen molar-refractivity contribution in [2.45, 2.75) is 30.2 Å². The van der Waals surface area contributed by atoms with Gasteiger partial charge < -0.3 is 10.2 Å². The predicted octanol–water partition coefficient (Wildman–Crippen LogP) is 2.26. The first kappa shape index (κ1) is 19.0. The average molecular weight is 400 g/mol. The molecule has 2 aliphatic rings. The van der Waals surface area contributed by atoms with Gasteiger partial charge in [0.15, 0.2) is 0 Å². The fourth-order valence-electron chi connectivity index (χ4n) is 4.02. The van der Waals surface area contributed by atoms with Crippen molar-refractivity contribution in [3.8, 4) is 0 Å². The van der Waals surface area contributed by atoms with Crippen molar-refractivity contribution in [1.29, 1.82) is 0 Å². The van der Waals surface area contributed by atoms with E-state index in [1.165, 1.54) is 6.07 Å². The molecule has 0 bridgehead atoms. The number of carbonyl (C=O) groups is 1. The molecule has 6 nitrogen and oxygen atoms in total. The van der Waals surface area contributed by atoms with Gasteiger partial charge in [0.1, 0.15) is 0 Å². The van der Waals surface area contributed by atoms with Crippen LogP contribution >= 0.6 is 0 Å². The van der Waals surface area contributed by atoms with E-state index < -0.39 is 10.0 Å². The van der Waals surface area contributed by atoms with Crippen LogP contribution in [0.5, 0.6) is 0 Å². The van der Waals surface area contributed by atoms with Gasteiger partial charge in [0, 0.05) is 18.2 Å². The standard InChI is InChI=1S/C21H25N3O3S/c1-23-13-10-18(11-14-23)24(17-5-3-2-4-6-17)28(26,27)19-8-7-16-9-12-22-21(25)20(16)15-19/h2-8,15,18H,9-14H2,1H3,(H,22,25). The zero-order valence-electron chi connectivity index (χ0n) is 16.0. The Kier molecular flexibility index (Phi) is 5.12. The van der Waals surface area contributed by atoms with E-state index in [2.05, 4.69) is 17.3 Å². The highest BCUT2D eigenvalue weighted by molar-refractivity contribution is 7.92. The van der Waals surface area contributed by atoms with Gasteiger partial charge >= 0.3 is 0 Å². The summed E-state index contributed by atoms with van der Waals surface area (Å²) in [5, 5.41) is 2.79. The lowest BCUT2D eigenvalue weighted by Gasteiger charge is -2.38. The Morgan fingerprint density at radius 2 is 1.79 bits per heavy atom. The first-order chi connectivity index (χ1) is 13.5. The minimum Gasteiger partial charge on any atom is -0.352 e. The van der Waals surface area contributed by atoms with Gasteiger partial charge in [-0.1, -0.05) is 24.3 Å². The fourth-order valence-corrected chi connectivity index (χ4v) is 5.75. The van der Waals surface area contributed by atoms with Crippen LogP contribution in [-0.4, -0.2) is 51.9 Å². The number of nitrogens with zero attached hydrogens (tertiary/aromatic N) is 2. The summed E-state index contributed by atoms with van der Waals surface area (Å²) in [4.78, 5) is 14.6. The van der Waals surface area contributed by atoms with Gasteiger partial charge in [-0.05, 0) is 69.2 Å². The van der Waals surface area contributed by atoms with Crippen molar-refractivity contribution < 1.29 is 13.2 Å². The molecule has 0 saturated carbocycles. The molecule has 1 fully saturated rings. The Bertz CT molecular complexity index is 968. The molecule has 1 N–H and O–H groups in total. The van der Waals surface area contributed by atoms with E-state index >= 15 is 0 Å². The van der Waals surface area contributed by atoms with Gasteiger partial charge in [-0.2, -0.15) is 0 Å². The van der Waals surface area contributed by atoms with E-state index in [0.717, 1.165) is 37.9 Å². The SMILES string of the molecule is CN1CCC(N(c2ccccc2)S(=O)(=O)c2ccc3c(c2)C(=O)NCC3)CC1. The molecule has 2 aromatic carbocycles. The number of carbonyl (C=O) groups excluding carboxylic acids is 1. The number of para-hydroxylation sites is 1. The molecule has 7 heteroatoms. The number of hydrogen-bond acceptors (Lipinski definition) is 4. The number of rotatable bonds is 4. The molecule has 0 aliphatic carbocycles. The van der Waals surface area contributed by atoms with E-state index in [4.69, 9.17) is 0 Å². The predicted molar refractivity (Wildman–Crippen MR) is 109 cm³/mol. The Morgan fingerprint density at radius 3 is 2.50 bits per heavy atom. The van der Waals surface area contributed by atoms with Crippen molar-refractivity contribution in [2.75, 3.05) is 31.0 Å². The second-order valence-corrected chi connectivity index (χ2v) is 9.31. The molecule has 0 aromatic heterocycles. The van der Waals surface area contributed by atoms with Crippen molar-refractivity contribution in [2.24, 2.45) is 0 Å². The zero-order valence-corrected chi connectivity index (χ0v) is 16.8. The average Bonchev–Trinajstić information content (AvgIpc) is 2.70. The third-order valence-corrected chi connectivity index (χ3v) is 7.47. The molecule has 148 valence electrons. The molecule has 28 heavy (non-hydrogen) atoms. The highest BCUT2D eigenvalue weighted by Crippen LogP contribution is 2.31. The highest BCUT2D eigenvalue weighted by Gasteiger charge is 2.34. The second-order valence-electron chi connectivity index (χ2n) is 7.50. The maximum atomic E-state index is 13.7. The molecular weight excluding hydrogens is 374 g/mol. The molecule has 0 spiro atoms. The molecule has 0 unspecified atom stereocenters. The summed E-state index contributed by atoms with van der Waals surface area (Å²) in [6.07, 6.45) is 2.27. The number of anilines is 1. The van der Waals surface area contributed by atoms with Crippen LogP contribution in [0.25, 0.3) is 0 Å². The van der Waals surface area contributed by atoms with Crippen LogP contribution < -0.4 is 9.62 Å². The first-order valence-corrected chi connectivity index (χ1v) is 11.1. The maximum absolute atomic E-state index is 13.7. The summed E-state index contributed by atoms with van der Waals surface area (Å²) in [6, 6.07) is 14.1. The van der Waals surface area contributed by atoms with Crippen LogP contribution in [-0.2, 0) is 16.4 Å². The summed E-state index contributed by atoms with van der Waals surface area (Å²) < 4.78 is 28.9. The molecule has 2 heterocycles. The van der Waals surface area contributed by atoms with E-state index in [0.29, 0.717) is 17.8 Å². The lowest BCUT2D eigenvalue weighted by molar-refractivity contribution is 0.0945. The van der Waals surface area contributed by atoms with Gasteiger partial charge in [0.05, 0.1) is 10.6 Å². The monoisotopic (exact) mass is 399 g/mol. The number of hydrogen-bond donors (Lipinski definition) is 1. The van der Waals surface area contributed by atoms with Gasteiger partial charge in [0.25, 0.3) is 15.9 Å². The molecule has 2 aromatic rings. The van der Waals surface area contributed by atoms with Crippen molar-refractivity contribution in [1.82, 2.24) is 10.2 Å². The van der Waals surface area contributed by atoms with E-state index in [1.807, 2.05) is 30.3 Å². The molecule has 2 aliphatic heterocycles. The lowest BCUT2D eigenvalue weighted by atomic mass is 10.0. The fraction of sp³-hybridized carbons (Fsp3) is 0.381. The summed E-state index contributed by atoms with van der Waals surface area (Å²) in [7, 11) is -1.74. The van der Waals surface area contributed by atoms with Gasteiger partial charge in [-0.3, -0.25) is 9.10 Å². The third kappa shape index (κ3) is 3.52. The van der Waals surface area contributed by atoms with Crippen LogP contribution in [0.1, 0.15) is 28.8 Å². The molecule has 4 rings (SSSR count). The van der Waals surface area contributed by atoms with Crippen LogP contribution in [0, 0.1) is 0 Å². The van der Waals surface area contributed by atoms with Crippen LogP contribution in [0.3, 0.4) is 0 Å². The number of likely N-dealkylation sites (tertiary alicyclic amines) is 1. The highest BCUT2D eigenvalue weighted by atomic mass is 32.2. The van der Waals surface area contributed by atoms with Crippen molar-refractivity contribution in [3.63, 3.8) is 0 Å². The number of amides is 1. The van der Waals surface area contributed by atoms with E-state index in [1.54, 1.807) is 16.4 Å². The summed E-state index contributed by atoms with van der Waals surface area (Å²) in [6.45, 7) is 2.30. The van der Waals surface area contributed by atoms with Crippen LogP contribution in [0.2, 0.25) is 0 Å². The third-order valence-electron chi connectivity index (χ3n) is 5.59. The van der Waals surface area contributed by atoms with Crippen LogP contribution in [0.15, 0.2) is 53.4 Å². The van der Waals surface area contributed by atoms with Crippen LogP contribution in [0.4, 0.5) is 5.69 Å². The quantitative estimate of drug-likeness (QED) is 0.856. The first-order valence-electron chi connectivity index (χ1n) is 9.66. The minimum atomic E-state index is -3.79. The molecule has 1 amide bonds. The Balaban J connectivity index is 1.77. The summed E-state index contributed by atoms with van der Waals surface area (Å²) in [5.41, 5.74) is 2.02. The van der Waals surface area contributed by atoms with E-state index in [9.17, 15) is 13.2 Å². The topological polar surface area (TPSA) is 69.7 Å². The number of sulfonamides is 1. The van der Waals surface area contributed by atoms with Crippen molar-refractivity contribution in [3.05, 3.63) is 59.7 Å². The molecule has 0 atom stereocenters. The maximum Gasteiger partial charge on any atom is 0.264 e. The lowest BCUT2D eigenvalue weighted by Crippen LogP contribution is -2.46. The molecular formula is C21H25N3O3S. The largest absolute Gasteiger partial charge is 0.352 e. The summed E-state index contributed by atoms with van der Waals surface area (Å²) in [5.74, 6) is -0.205. The number of benzene rings is 2. The number of piperidine rings is 1. The smallest absolute Gasteiger partial charge is 0.264 e. The Morgan fingerprint density at radius 1 is 1.07 bits per heavy atom. The molecule has 0 radical (unpaired) electrons. The number of fused-ring (bicyclic) bond motifs is 1. The minimum absolute atomic E-state index is 0.103. The summed E-state index contributed by atoms with van der Waals surface area (Å²) >= 11 is 0. The Hall–Kier alpha value is -2.38. The molecule has 1 saturated heterocycles. The normalized spacial score (nSPS) is 18.4. The van der Waals surface area contributed by atoms with Gasteiger partial charge in [-0.15, -0.1) is 0 Å².